The van der Waals surface area contributed by atoms with E-state index in [9.17, 15) is 5.11 Å². The lowest BCUT2D eigenvalue weighted by atomic mass is 10.3. The minimum absolute atomic E-state index is 0.578. The number of aromatic nitrogens is 3. The van der Waals surface area contributed by atoms with E-state index in [2.05, 4.69) is 25.9 Å². The number of hydrogen-bond acceptors (Lipinski definition) is 3. The van der Waals surface area contributed by atoms with E-state index in [0.717, 1.165) is 5.52 Å². The van der Waals surface area contributed by atoms with Crippen LogP contribution in [-0.4, -0.2) is 19.5 Å². The molecule has 68 valence electrons. The molecule has 0 aliphatic carbocycles. The van der Waals surface area contributed by atoms with Gasteiger partial charge in [-0.1, -0.05) is 0 Å². The molecule has 0 radical (unpaired) electrons. The van der Waals surface area contributed by atoms with E-state index in [-0.39, 0.29) is 0 Å². The highest BCUT2D eigenvalue weighted by atomic mass is 79.9. The summed E-state index contributed by atoms with van der Waals surface area (Å²) in [5.74, 6) is 0. The Kier molecular flexibility index (Phi) is 2.05. The summed E-state index contributed by atoms with van der Waals surface area (Å²) in [6, 6.07) is 0. The molecule has 2 aromatic rings. The number of hydrogen-bond donors (Lipinski definition) is 1. The van der Waals surface area contributed by atoms with Crippen molar-refractivity contribution in [3.8, 4) is 0 Å². The average Bonchev–Trinajstić information content (AvgIpc) is 2.45. The highest BCUT2D eigenvalue weighted by Gasteiger charge is 2.12. The Balaban J connectivity index is 2.78. The summed E-state index contributed by atoms with van der Waals surface area (Å²) in [4.78, 5) is 8.16. The molecule has 1 atom stereocenters. The zero-order chi connectivity index (χ0) is 9.42. The summed E-state index contributed by atoms with van der Waals surface area (Å²) in [5, 5.41) is 9.41. The van der Waals surface area contributed by atoms with Crippen molar-refractivity contribution < 1.29 is 5.11 Å². The van der Waals surface area contributed by atoms with Crippen molar-refractivity contribution >= 4 is 21.4 Å². The maximum atomic E-state index is 9.41. The summed E-state index contributed by atoms with van der Waals surface area (Å²) < 4.78 is 2.51. The Hall–Kier alpha value is -0.940. The number of aliphatic hydroxyl groups excluding tert-OH is 1. The van der Waals surface area contributed by atoms with Gasteiger partial charge >= 0.3 is 0 Å². The van der Waals surface area contributed by atoms with Crippen LogP contribution in [0.2, 0.25) is 0 Å². The molecular formula is C8H8BrN3O. The molecule has 0 fully saturated rings. The molecule has 1 unspecified atom stereocenters. The van der Waals surface area contributed by atoms with E-state index in [1.54, 1.807) is 25.5 Å². The SMILES string of the molecule is CC(O)c1nc(Br)n2ccncc12. The summed E-state index contributed by atoms with van der Waals surface area (Å²) >= 11 is 3.30. The second kappa shape index (κ2) is 3.08. The number of rotatable bonds is 1. The number of nitrogens with zero attached hydrogens (tertiary/aromatic N) is 3. The molecule has 2 rings (SSSR count). The Labute approximate surface area is 83.4 Å². The number of fused-ring (bicyclic) bond motifs is 1. The van der Waals surface area contributed by atoms with Crippen LogP contribution in [0.15, 0.2) is 23.3 Å². The first-order valence-corrected chi connectivity index (χ1v) is 4.65. The van der Waals surface area contributed by atoms with E-state index in [1.165, 1.54) is 0 Å². The van der Waals surface area contributed by atoms with Crippen LogP contribution in [0.25, 0.3) is 5.52 Å². The second-order valence-electron chi connectivity index (χ2n) is 2.77. The van der Waals surface area contributed by atoms with Crippen LogP contribution in [0.3, 0.4) is 0 Å². The summed E-state index contributed by atoms with van der Waals surface area (Å²) in [5.41, 5.74) is 1.46. The molecule has 0 aromatic carbocycles. The van der Waals surface area contributed by atoms with Crippen molar-refractivity contribution in [2.24, 2.45) is 0 Å². The van der Waals surface area contributed by atoms with E-state index < -0.39 is 6.10 Å². The van der Waals surface area contributed by atoms with Crippen molar-refractivity contribution in [3.63, 3.8) is 0 Å². The minimum atomic E-state index is -0.578. The van der Waals surface area contributed by atoms with Crippen molar-refractivity contribution in [3.05, 3.63) is 29.0 Å². The first kappa shape index (κ1) is 8.65. The smallest absolute Gasteiger partial charge is 0.182 e. The van der Waals surface area contributed by atoms with E-state index in [4.69, 9.17) is 0 Å². The van der Waals surface area contributed by atoms with Crippen molar-refractivity contribution in [2.45, 2.75) is 13.0 Å². The summed E-state index contributed by atoms with van der Waals surface area (Å²) in [7, 11) is 0. The monoisotopic (exact) mass is 241 g/mol. The number of halogens is 1. The molecule has 13 heavy (non-hydrogen) atoms. The van der Waals surface area contributed by atoms with Crippen LogP contribution < -0.4 is 0 Å². The van der Waals surface area contributed by atoms with Crippen LogP contribution in [0, 0.1) is 0 Å². The highest BCUT2D eigenvalue weighted by molar-refractivity contribution is 9.10. The first-order chi connectivity index (χ1) is 6.20. The minimum Gasteiger partial charge on any atom is -0.387 e. The van der Waals surface area contributed by atoms with E-state index in [1.807, 2.05) is 4.40 Å². The van der Waals surface area contributed by atoms with Gasteiger partial charge < -0.3 is 5.11 Å². The highest BCUT2D eigenvalue weighted by Crippen LogP contribution is 2.21. The maximum absolute atomic E-state index is 9.41. The Morgan fingerprint density at radius 3 is 3.08 bits per heavy atom. The summed E-state index contributed by atoms with van der Waals surface area (Å²) in [6.45, 7) is 1.68. The van der Waals surface area contributed by atoms with Crippen molar-refractivity contribution in [1.82, 2.24) is 14.4 Å². The van der Waals surface area contributed by atoms with Gasteiger partial charge in [-0.15, -0.1) is 0 Å². The second-order valence-corrected chi connectivity index (χ2v) is 3.48. The molecular weight excluding hydrogens is 234 g/mol. The van der Waals surface area contributed by atoms with Gasteiger partial charge in [-0.3, -0.25) is 9.38 Å². The molecule has 2 heterocycles. The fraction of sp³-hybridized carbons (Fsp3) is 0.250. The van der Waals surface area contributed by atoms with Crippen molar-refractivity contribution in [2.75, 3.05) is 0 Å². The predicted molar refractivity (Wildman–Crippen MR) is 51.3 cm³/mol. The van der Waals surface area contributed by atoms with Gasteiger partial charge in [-0.05, 0) is 22.9 Å². The fourth-order valence-electron chi connectivity index (χ4n) is 1.23. The maximum Gasteiger partial charge on any atom is 0.182 e. The topological polar surface area (TPSA) is 50.4 Å². The van der Waals surface area contributed by atoms with E-state index >= 15 is 0 Å². The fourth-order valence-corrected chi connectivity index (χ4v) is 1.73. The van der Waals surface area contributed by atoms with Gasteiger partial charge in [0.15, 0.2) is 4.73 Å². The van der Waals surface area contributed by atoms with Gasteiger partial charge in [0.05, 0.1) is 23.5 Å². The molecule has 0 bridgehead atoms. The molecule has 5 heteroatoms. The predicted octanol–water partition coefficient (Wildman–Crippen LogP) is 1.55. The largest absolute Gasteiger partial charge is 0.387 e. The standard InChI is InChI=1S/C8H8BrN3O/c1-5(13)7-6-4-10-2-3-12(6)8(9)11-7/h2-5,13H,1H3. The molecule has 0 saturated carbocycles. The van der Waals surface area contributed by atoms with Crippen LogP contribution >= 0.6 is 15.9 Å². The van der Waals surface area contributed by atoms with Gasteiger partial charge in [-0.25, -0.2) is 4.98 Å². The van der Waals surface area contributed by atoms with Crippen LogP contribution in [0.4, 0.5) is 0 Å². The lowest BCUT2D eigenvalue weighted by Crippen LogP contribution is -1.92. The Morgan fingerprint density at radius 1 is 1.62 bits per heavy atom. The van der Waals surface area contributed by atoms with Gasteiger partial charge in [0.25, 0.3) is 0 Å². The van der Waals surface area contributed by atoms with Crippen LogP contribution in [0.5, 0.6) is 0 Å². The molecule has 1 N–H and O–H groups in total. The molecule has 0 aliphatic rings. The Morgan fingerprint density at radius 2 is 2.38 bits per heavy atom. The zero-order valence-corrected chi connectivity index (χ0v) is 8.56. The van der Waals surface area contributed by atoms with Crippen molar-refractivity contribution in [1.29, 1.82) is 0 Å². The number of imidazole rings is 1. The number of aliphatic hydroxyl groups is 1. The molecule has 0 amide bonds. The molecule has 0 aliphatic heterocycles. The van der Waals surface area contributed by atoms with Gasteiger partial charge in [0.1, 0.15) is 0 Å². The van der Waals surface area contributed by atoms with Crippen LogP contribution in [0.1, 0.15) is 18.7 Å². The Bertz CT molecular complexity index is 438. The quantitative estimate of drug-likeness (QED) is 0.825. The third-order valence-corrected chi connectivity index (χ3v) is 2.39. The van der Waals surface area contributed by atoms with Gasteiger partial charge in [0.2, 0.25) is 0 Å². The molecule has 0 saturated heterocycles. The zero-order valence-electron chi connectivity index (χ0n) is 6.98. The normalized spacial score (nSPS) is 13.5. The lowest BCUT2D eigenvalue weighted by Gasteiger charge is -1.98. The van der Waals surface area contributed by atoms with Gasteiger partial charge in [0, 0.05) is 12.4 Å². The average molecular weight is 242 g/mol. The molecule has 4 nitrogen and oxygen atoms in total. The summed E-state index contributed by atoms with van der Waals surface area (Å²) in [6.07, 6.45) is 4.56. The third kappa shape index (κ3) is 1.34. The first-order valence-electron chi connectivity index (χ1n) is 3.85. The lowest BCUT2D eigenvalue weighted by molar-refractivity contribution is 0.196. The van der Waals surface area contributed by atoms with E-state index in [0.29, 0.717) is 10.4 Å². The molecule has 0 spiro atoms. The third-order valence-electron chi connectivity index (χ3n) is 1.83. The molecule has 2 aromatic heterocycles. The van der Waals surface area contributed by atoms with Gasteiger partial charge in [-0.2, -0.15) is 0 Å². The van der Waals surface area contributed by atoms with Crippen LogP contribution in [-0.2, 0) is 0 Å².